The lowest BCUT2D eigenvalue weighted by Gasteiger charge is -2.24. The summed E-state index contributed by atoms with van der Waals surface area (Å²) < 4.78 is 0. The van der Waals surface area contributed by atoms with E-state index in [9.17, 15) is 9.59 Å². The van der Waals surface area contributed by atoms with Crippen LogP contribution in [0, 0.1) is 0 Å². The molecule has 1 heterocycles. The van der Waals surface area contributed by atoms with Gasteiger partial charge in [0.1, 0.15) is 0 Å². The Morgan fingerprint density at radius 1 is 1.18 bits per heavy atom. The lowest BCUT2D eigenvalue weighted by atomic mass is 10.1. The summed E-state index contributed by atoms with van der Waals surface area (Å²) in [6.45, 7) is 3.06. The van der Waals surface area contributed by atoms with Gasteiger partial charge in [0.25, 0.3) is 0 Å². The van der Waals surface area contributed by atoms with Crippen LogP contribution in [0.3, 0.4) is 0 Å². The smallest absolute Gasteiger partial charge is 0.322 e. The molecule has 3 amide bonds. The number of carbonyl (C=O) groups excluding carboxylic acids is 2. The number of rotatable bonds is 8. The molecule has 1 atom stereocenters. The third-order valence-corrected chi connectivity index (χ3v) is 2.87. The summed E-state index contributed by atoms with van der Waals surface area (Å²) in [5.74, 6) is -0.214. The van der Waals surface area contributed by atoms with Crippen LogP contribution in [0.1, 0.15) is 51.9 Å². The third-order valence-electron chi connectivity index (χ3n) is 2.87. The van der Waals surface area contributed by atoms with E-state index in [1.165, 1.54) is 32.1 Å². The first-order valence-corrected chi connectivity index (χ1v) is 6.56. The molecule has 0 radical (unpaired) electrons. The monoisotopic (exact) mass is 241 g/mol. The minimum atomic E-state index is -0.401. The fraction of sp³-hybridized carbons (Fsp3) is 0.833. The van der Waals surface area contributed by atoms with Crippen LogP contribution in [0.5, 0.6) is 0 Å². The van der Waals surface area contributed by atoms with Gasteiger partial charge in [0, 0.05) is 0 Å². The van der Waals surface area contributed by atoms with E-state index >= 15 is 0 Å². The van der Waals surface area contributed by atoms with Crippen molar-refractivity contribution in [2.45, 2.75) is 58.0 Å². The maximum atomic E-state index is 11.1. The van der Waals surface area contributed by atoms with Gasteiger partial charge < -0.3 is 5.32 Å². The van der Waals surface area contributed by atoms with E-state index in [1.807, 2.05) is 0 Å². The maximum absolute atomic E-state index is 11.1. The highest BCUT2D eigenvalue weighted by Gasteiger charge is 2.22. The van der Waals surface area contributed by atoms with Gasteiger partial charge in [-0.1, -0.05) is 39.0 Å². The Bertz CT molecular complexity index is 240. The van der Waals surface area contributed by atoms with Crippen LogP contribution >= 0.6 is 0 Å². The first-order valence-electron chi connectivity index (χ1n) is 6.56. The number of unbranched alkanes of at least 4 members (excludes halogenated alkanes) is 5. The molecule has 5 nitrogen and oxygen atoms in total. The molecule has 0 spiro atoms. The summed E-state index contributed by atoms with van der Waals surface area (Å²) in [7, 11) is 0. The Balaban J connectivity index is 1.98. The van der Waals surface area contributed by atoms with Gasteiger partial charge in [-0.2, -0.15) is 0 Å². The number of hydrogen-bond donors (Lipinski definition) is 3. The molecule has 5 heteroatoms. The second-order valence-corrected chi connectivity index (χ2v) is 4.50. The van der Waals surface area contributed by atoms with Crippen molar-refractivity contribution >= 4 is 11.9 Å². The molecule has 1 saturated heterocycles. The van der Waals surface area contributed by atoms with E-state index in [1.54, 1.807) is 0 Å². The summed E-state index contributed by atoms with van der Waals surface area (Å²) in [6.07, 6.45) is 7.57. The fourth-order valence-corrected chi connectivity index (χ4v) is 1.91. The standard InChI is InChI=1S/C12H23N3O2/c1-2-3-4-5-6-7-8-13-10-9-11(16)15-12(17)14-10/h10,13H,2-9H2,1H3,(H2,14,15,16,17). The summed E-state index contributed by atoms with van der Waals surface area (Å²) in [5.41, 5.74) is 0. The molecular formula is C12H23N3O2. The van der Waals surface area contributed by atoms with Crippen molar-refractivity contribution in [3.63, 3.8) is 0 Å². The van der Waals surface area contributed by atoms with Gasteiger partial charge in [-0.3, -0.25) is 15.4 Å². The van der Waals surface area contributed by atoms with Crippen molar-refractivity contribution in [3.05, 3.63) is 0 Å². The molecule has 3 N–H and O–H groups in total. The van der Waals surface area contributed by atoms with Gasteiger partial charge in [-0.15, -0.1) is 0 Å². The first-order chi connectivity index (χ1) is 8.22. The maximum Gasteiger partial charge on any atom is 0.322 e. The Labute approximate surface area is 103 Å². The van der Waals surface area contributed by atoms with Crippen molar-refractivity contribution in [1.82, 2.24) is 16.0 Å². The molecule has 1 rings (SSSR count). The summed E-state index contributed by atoms with van der Waals surface area (Å²) >= 11 is 0. The highest BCUT2D eigenvalue weighted by molar-refractivity contribution is 5.97. The zero-order chi connectivity index (χ0) is 12.5. The molecule has 0 bridgehead atoms. The molecule has 0 aromatic heterocycles. The highest BCUT2D eigenvalue weighted by Crippen LogP contribution is 2.04. The van der Waals surface area contributed by atoms with Crippen molar-refractivity contribution < 1.29 is 9.59 Å². The summed E-state index contributed by atoms with van der Waals surface area (Å²) in [6, 6.07) is -0.401. The van der Waals surface area contributed by atoms with E-state index in [0.29, 0.717) is 6.42 Å². The van der Waals surface area contributed by atoms with Crippen molar-refractivity contribution in [3.8, 4) is 0 Å². The minimum absolute atomic E-state index is 0.202. The number of nitrogens with one attached hydrogen (secondary N) is 3. The van der Waals surface area contributed by atoms with Crippen LogP contribution in [-0.2, 0) is 4.79 Å². The van der Waals surface area contributed by atoms with Gasteiger partial charge in [-0.25, -0.2) is 4.79 Å². The number of urea groups is 1. The molecule has 1 aliphatic rings. The molecule has 1 unspecified atom stereocenters. The summed E-state index contributed by atoms with van der Waals surface area (Å²) in [5, 5.41) is 8.06. The van der Waals surface area contributed by atoms with Gasteiger partial charge in [0.05, 0.1) is 12.6 Å². The van der Waals surface area contributed by atoms with Gasteiger partial charge in [-0.05, 0) is 13.0 Å². The Morgan fingerprint density at radius 3 is 2.59 bits per heavy atom. The molecule has 0 aromatic rings. The van der Waals surface area contributed by atoms with E-state index in [-0.39, 0.29) is 12.1 Å². The molecule has 1 aliphatic heterocycles. The minimum Gasteiger partial charge on any atom is -0.322 e. The average molecular weight is 241 g/mol. The first kappa shape index (κ1) is 14.0. The van der Waals surface area contributed by atoms with Gasteiger partial charge in [0.2, 0.25) is 5.91 Å². The topological polar surface area (TPSA) is 70.2 Å². The SMILES string of the molecule is CCCCCCCCNC1CC(=O)NC(=O)N1. The number of carbonyl (C=O) groups is 2. The summed E-state index contributed by atoms with van der Waals surface area (Å²) in [4.78, 5) is 22.1. The largest absolute Gasteiger partial charge is 0.322 e. The second-order valence-electron chi connectivity index (χ2n) is 4.50. The van der Waals surface area contributed by atoms with Crippen LogP contribution in [0.25, 0.3) is 0 Å². The van der Waals surface area contributed by atoms with Crippen LogP contribution < -0.4 is 16.0 Å². The van der Waals surface area contributed by atoms with E-state index < -0.39 is 6.03 Å². The van der Waals surface area contributed by atoms with E-state index in [4.69, 9.17) is 0 Å². The van der Waals surface area contributed by atoms with E-state index in [2.05, 4.69) is 22.9 Å². The number of amides is 3. The zero-order valence-corrected chi connectivity index (χ0v) is 10.6. The predicted molar refractivity (Wildman–Crippen MR) is 66.5 cm³/mol. The lowest BCUT2D eigenvalue weighted by Crippen LogP contribution is -2.57. The normalized spacial score (nSPS) is 19.9. The van der Waals surface area contributed by atoms with Gasteiger partial charge in [0.15, 0.2) is 0 Å². The number of hydrogen-bond acceptors (Lipinski definition) is 3. The van der Waals surface area contributed by atoms with Crippen molar-refractivity contribution in [2.24, 2.45) is 0 Å². The average Bonchev–Trinajstić information content (AvgIpc) is 2.26. The Hall–Kier alpha value is -1.10. The zero-order valence-electron chi connectivity index (χ0n) is 10.6. The lowest BCUT2D eigenvalue weighted by molar-refractivity contribution is -0.121. The van der Waals surface area contributed by atoms with Crippen LogP contribution in [0.15, 0.2) is 0 Å². The van der Waals surface area contributed by atoms with Gasteiger partial charge >= 0.3 is 6.03 Å². The molecule has 0 saturated carbocycles. The molecule has 98 valence electrons. The molecule has 0 aromatic carbocycles. The highest BCUT2D eigenvalue weighted by atomic mass is 16.2. The van der Waals surface area contributed by atoms with Crippen LogP contribution in [0.2, 0.25) is 0 Å². The number of imide groups is 1. The molecule has 0 aliphatic carbocycles. The quantitative estimate of drug-likeness (QED) is 0.564. The molecule has 1 fully saturated rings. The molecule has 17 heavy (non-hydrogen) atoms. The Kier molecular flexibility index (Phi) is 6.62. The molecular weight excluding hydrogens is 218 g/mol. The van der Waals surface area contributed by atoms with Crippen LogP contribution in [-0.4, -0.2) is 24.6 Å². The fourth-order valence-electron chi connectivity index (χ4n) is 1.91. The predicted octanol–water partition coefficient (Wildman–Crippen LogP) is 1.49. The van der Waals surface area contributed by atoms with E-state index in [0.717, 1.165) is 13.0 Å². The van der Waals surface area contributed by atoms with Crippen molar-refractivity contribution in [2.75, 3.05) is 6.54 Å². The van der Waals surface area contributed by atoms with Crippen molar-refractivity contribution in [1.29, 1.82) is 0 Å². The second kappa shape index (κ2) is 8.06. The third kappa shape index (κ3) is 6.26. The Morgan fingerprint density at radius 2 is 1.88 bits per heavy atom. The van der Waals surface area contributed by atoms with Crippen LogP contribution in [0.4, 0.5) is 4.79 Å².